The topological polar surface area (TPSA) is 52.5 Å². The molecule has 0 amide bonds. The van der Waals surface area contributed by atoms with Crippen LogP contribution in [0.2, 0.25) is 0 Å². The summed E-state index contributed by atoms with van der Waals surface area (Å²) in [5.74, 6) is 0. The number of rotatable bonds is 4. The molecule has 1 aliphatic carbocycles. The Hall–Kier alpha value is -0.420. The second-order valence-electron chi connectivity index (χ2n) is 4.79. The fraction of sp³-hybridized carbons (Fsp3) is 0.692. The van der Waals surface area contributed by atoms with Crippen LogP contribution in [0.3, 0.4) is 0 Å². The van der Waals surface area contributed by atoms with E-state index in [-0.39, 0.29) is 12.1 Å². The lowest BCUT2D eigenvalue weighted by Crippen LogP contribution is -2.41. The van der Waals surface area contributed by atoms with Gasteiger partial charge in [0.05, 0.1) is 12.2 Å². The molecule has 3 atom stereocenters. The van der Waals surface area contributed by atoms with Gasteiger partial charge in [-0.3, -0.25) is 0 Å². The SMILES string of the molecule is OC(CNC1CCCCCC1O)c1ccsc1. The minimum absolute atomic E-state index is 0.144. The molecule has 0 bridgehead atoms. The van der Waals surface area contributed by atoms with Crippen LogP contribution in [0.4, 0.5) is 0 Å². The monoisotopic (exact) mass is 255 g/mol. The average Bonchev–Trinajstić information content (AvgIpc) is 2.78. The summed E-state index contributed by atoms with van der Waals surface area (Å²) in [4.78, 5) is 0. The first kappa shape index (κ1) is 13.0. The summed E-state index contributed by atoms with van der Waals surface area (Å²) in [6.07, 6.45) is 4.67. The average molecular weight is 255 g/mol. The quantitative estimate of drug-likeness (QED) is 0.722. The van der Waals surface area contributed by atoms with Crippen LogP contribution in [0.25, 0.3) is 0 Å². The minimum Gasteiger partial charge on any atom is -0.392 e. The second-order valence-corrected chi connectivity index (χ2v) is 5.57. The van der Waals surface area contributed by atoms with E-state index in [1.54, 1.807) is 11.3 Å². The Bertz CT molecular complexity index is 315. The Balaban J connectivity index is 1.80. The van der Waals surface area contributed by atoms with Crippen LogP contribution in [-0.2, 0) is 0 Å². The van der Waals surface area contributed by atoms with E-state index in [0.717, 1.165) is 24.8 Å². The van der Waals surface area contributed by atoms with Gasteiger partial charge in [0, 0.05) is 12.6 Å². The molecule has 0 radical (unpaired) electrons. The highest BCUT2D eigenvalue weighted by Crippen LogP contribution is 2.20. The lowest BCUT2D eigenvalue weighted by Gasteiger charge is -2.23. The summed E-state index contributed by atoms with van der Waals surface area (Å²) in [6.45, 7) is 0.526. The van der Waals surface area contributed by atoms with E-state index in [4.69, 9.17) is 0 Å². The summed E-state index contributed by atoms with van der Waals surface area (Å²) >= 11 is 1.60. The third-order valence-electron chi connectivity index (χ3n) is 3.48. The zero-order valence-electron chi connectivity index (χ0n) is 10.0. The Morgan fingerprint density at radius 1 is 1.35 bits per heavy atom. The van der Waals surface area contributed by atoms with Crippen LogP contribution in [0.1, 0.15) is 43.8 Å². The zero-order valence-corrected chi connectivity index (χ0v) is 10.8. The largest absolute Gasteiger partial charge is 0.392 e. The van der Waals surface area contributed by atoms with Gasteiger partial charge in [-0.2, -0.15) is 11.3 Å². The first-order chi connectivity index (χ1) is 8.27. The van der Waals surface area contributed by atoms with Crippen molar-refractivity contribution in [1.29, 1.82) is 0 Å². The van der Waals surface area contributed by atoms with E-state index in [1.165, 1.54) is 12.8 Å². The van der Waals surface area contributed by atoms with E-state index in [1.807, 2.05) is 16.8 Å². The molecule has 3 unspecified atom stereocenters. The van der Waals surface area contributed by atoms with Gasteiger partial charge < -0.3 is 15.5 Å². The highest BCUT2D eigenvalue weighted by molar-refractivity contribution is 7.07. The van der Waals surface area contributed by atoms with Gasteiger partial charge in [0.15, 0.2) is 0 Å². The molecule has 0 aromatic carbocycles. The van der Waals surface area contributed by atoms with Gasteiger partial charge in [-0.15, -0.1) is 0 Å². The van der Waals surface area contributed by atoms with E-state index in [0.29, 0.717) is 6.54 Å². The maximum atomic E-state index is 9.96. The molecule has 1 heterocycles. The first-order valence-corrected chi connectivity index (χ1v) is 7.33. The van der Waals surface area contributed by atoms with Gasteiger partial charge in [-0.1, -0.05) is 19.3 Å². The Labute approximate surface area is 106 Å². The molecule has 0 aliphatic heterocycles. The number of hydrogen-bond acceptors (Lipinski definition) is 4. The van der Waals surface area contributed by atoms with E-state index in [2.05, 4.69) is 5.32 Å². The molecule has 1 fully saturated rings. The van der Waals surface area contributed by atoms with Crippen LogP contribution < -0.4 is 5.32 Å². The van der Waals surface area contributed by atoms with Gasteiger partial charge in [-0.25, -0.2) is 0 Å². The molecule has 0 spiro atoms. The van der Waals surface area contributed by atoms with Crippen LogP contribution >= 0.6 is 11.3 Å². The number of nitrogens with one attached hydrogen (secondary N) is 1. The predicted octanol–water partition coefficient (Wildman–Crippen LogP) is 2.06. The van der Waals surface area contributed by atoms with Crippen LogP contribution in [0.5, 0.6) is 0 Å². The molecule has 2 rings (SSSR count). The van der Waals surface area contributed by atoms with Gasteiger partial charge in [0.2, 0.25) is 0 Å². The van der Waals surface area contributed by atoms with Gasteiger partial charge in [0.1, 0.15) is 0 Å². The lowest BCUT2D eigenvalue weighted by molar-refractivity contribution is 0.104. The molecular weight excluding hydrogens is 234 g/mol. The fourth-order valence-corrected chi connectivity index (χ4v) is 3.08. The summed E-state index contributed by atoms with van der Waals surface area (Å²) in [6, 6.07) is 2.09. The van der Waals surface area contributed by atoms with Crippen molar-refractivity contribution in [3.8, 4) is 0 Å². The van der Waals surface area contributed by atoms with Crippen molar-refractivity contribution in [2.45, 2.75) is 50.4 Å². The molecule has 1 aromatic heterocycles. The first-order valence-electron chi connectivity index (χ1n) is 6.39. The van der Waals surface area contributed by atoms with Crippen molar-refractivity contribution < 1.29 is 10.2 Å². The molecule has 1 aliphatic rings. The Morgan fingerprint density at radius 2 is 2.18 bits per heavy atom. The predicted molar refractivity (Wildman–Crippen MR) is 70.2 cm³/mol. The van der Waals surface area contributed by atoms with Crippen LogP contribution in [0, 0.1) is 0 Å². The van der Waals surface area contributed by atoms with E-state index >= 15 is 0 Å². The maximum Gasteiger partial charge on any atom is 0.0922 e. The van der Waals surface area contributed by atoms with Crippen LogP contribution in [-0.4, -0.2) is 28.9 Å². The number of hydrogen-bond donors (Lipinski definition) is 3. The van der Waals surface area contributed by atoms with Crippen molar-refractivity contribution in [3.63, 3.8) is 0 Å². The molecule has 4 heteroatoms. The van der Waals surface area contributed by atoms with E-state index < -0.39 is 6.10 Å². The summed E-state index contributed by atoms with van der Waals surface area (Å²) in [7, 11) is 0. The normalized spacial score (nSPS) is 27.6. The maximum absolute atomic E-state index is 9.96. The Kier molecular flexibility index (Phi) is 4.98. The molecule has 3 nitrogen and oxygen atoms in total. The zero-order chi connectivity index (χ0) is 12.1. The van der Waals surface area contributed by atoms with Gasteiger partial charge in [0.25, 0.3) is 0 Å². The molecule has 96 valence electrons. The van der Waals surface area contributed by atoms with Crippen LogP contribution in [0.15, 0.2) is 16.8 Å². The highest BCUT2D eigenvalue weighted by Gasteiger charge is 2.21. The lowest BCUT2D eigenvalue weighted by atomic mass is 10.1. The standard InChI is InChI=1S/C13H21NO2S/c15-12-5-3-1-2-4-11(12)14-8-13(16)10-6-7-17-9-10/h6-7,9,11-16H,1-5,8H2. The Morgan fingerprint density at radius 3 is 2.94 bits per heavy atom. The fourth-order valence-electron chi connectivity index (χ4n) is 2.37. The number of aliphatic hydroxyl groups excluding tert-OH is 2. The molecule has 0 saturated heterocycles. The number of thiophene rings is 1. The van der Waals surface area contributed by atoms with Crippen molar-refractivity contribution in [2.75, 3.05) is 6.54 Å². The van der Waals surface area contributed by atoms with E-state index in [9.17, 15) is 10.2 Å². The molecule has 1 saturated carbocycles. The van der Waals surface area contributed by atoms with Crippen molar-refractivity contribution in [3.05, 3.63) is 22.4 Å². The highest BCUT2D eigenvalue weighted by atomic mass is 32.1. The molecule has 3 N–H and O–H groups in total. The van der Waals surface area contributed by atoms with Crippen molar-refractivity contribution in [1.82, 2.24) is 5.32 Å². The van der Waals surface area contributed by atoms with Gasteiger partial charge >= 0.3 is 0 Å². The number of aliphatic hydroxyl groups is 2. The van der Waals surface area contributed by atoms with Crippen molar-refractivity contribution >= 4 is 11.3 Å². The summed E-state index contributed by atoms with van der Waals surface area (Å²) in [5.41, 5.74) is 0.964. The third-order valence-corrected chi connectivity index (χ3v) is 4.18. The molecular formula is C13H21NO2S. The smallest absolute Gasteiger partial charge is 0.0922 e. The third kappa shape index (κ3) is 3.78. The minimum atomic E-state index is -0.461. The summed E-state index contributed by atoms with van der Waals surface area (Å²) in [5, 5.41) is 27.2. The van der Waals surface area contributed by atoms with Crippen molar-refractivity contribution in [2.24, 2.45) is 0 Å². The second kappa shape index (κ2) is 6.50. The van der Waals surface area contributed by atoms with Gasteiger partial charge in [-0.05, 0) is 35.2 Å². The summed E-state index contributed by atoms with van der Waals surface area (Å²) < 4.78 is 0. The molecule has 17 heavy (non-hydrogen) atoms. The molecule has 1 aromatic rings.